The highest BCUT2D eigenvalue weighted by Crippen LogP contribution is 2.39. The summed E-state index contributed by atoms with van der Waals surface area (Å²) in [4.78, 5) is 31.5. The largest absolute Gasteiger partial charge is 0.503 e. The number of hydrogen-bond donors (Lipinski definition) is 1. The summed E-state index contributed by atoms with van der Waals surface area (Å²) in [7, 11) is 0. The first kappa shape index (κ1) is 17.7. The smallest absolute Gasteiger partial charge is 0.290 e. The van der Waals surface area contributed by atoms with Crippen LogP contribution in [-0.4, -0.2) is 26.7 Å². The number of carbonyl (C=O) groups is 2. The molecule has 3 heterocycles. The summed E-state index contributed by atoms with van der Waals surface area (Å²) in [5.41, 5.74) is 1.60. The molecule has 140 valence electrons. The monoisotopic (exact) mass is 374 g/mol. The van der Waals surface area contributed by atoms with Crippen LogP contribution in [0.2, 0.25) is 0 Å². The van der Waals surface area contributed by atoms with Crippen LogP contribution >= 0.6 is 0 Å². The lowest BCUT2D eigenvalue weighted by Crippen LogP contribution is -2.30. The Labute approximate surface area is 161 Å². The van der Waals surface area contributed by atoms with Crippen molar-refractivity contribution in [2.45, 2.75) is 19.5 Å². The van der Waals surface area contributed by atoms with E-state index < -0.39 is 23.5 Å². The van der Waals surface area contributed by atoms with Crippen LogP contribution in [0.15, 0.2) is 82.7 Å². The van der Waals surface area contributed by atoms with Crippen molar-refractivity contribution in [2.75, 3.05) is 0 Å². The minimum atomic E-state index is -0.728. The predicted octanol–water partition coefficient (Wildman–Crippen LogP) is 3.76. The van der Waals surface area contributed by atoms with Crippen LogP contribution < -0.4 is 0 Å². The summed E-state index contributed by atoms with van der Waals surface area (Å²) in [5.74, 6) is -0.966. The summed E-state index contributed by atoms with van der Waals surface area (Å²) in [5, 5.41) is 10.6. The minimum absolute atomic E-state index is 0.0153. The van der Waals surface area contributed by atoms with Crippen LogP contribution in [0, 0.1) is 6.92 Å². The number of pyridine rings is 1. The molecule has 2 aromatic heterocycles. The molecule has 3 aromatic rings. The Bertz CT molecular complexity index is 1050. The molecule has 1 N–H and O–H groups in total. The van der Waals surface area contributed by atoms with Gasteiger partial charge in [-0.25, -0.2) is 0 Å². The van der Waals surface area contributed by atoms with Crippen molar-refractivity contribution >= 4 is 11.7 Å². The first-order chi connectivity index (χ1) is 13.6. The van der Waals surface area contributed by atoms with E-state index in [0.29, 0.717) is 11.3 Å². The van der Waals surface area contributed by atoms with Crippen LogP contribution in [0.25, 0.3) is 0 Å². The lowest BCUT2D eigenvalue weighted by atomic mass is 9.95. The van der Waals surface area contributed by atoms with E-state index in [2.05, 4.69) is 4.98 Å². The van der Waals surface area contributed by atoms with Gasteiger partial charge >= 0.3 is 0 Å². The van der Waals surface area contributed by atoms with Gasteiger partial charge in [-0.05, 0) is 42.3 Å². The van der Waals surface area contributed by atoms with Crippen LogP contribution in [0.3, 0.4) is 0 Å². The number of carbonyl (C=O) groups excluding carboxylic acids is 2. The number of aromatic nitrogens is 1. The second-order valence-electron chi connectivity index (χ2n) is 6.60. The molecule has 0 spiro atoms. The average Bonchev–Trinajstić information content (AvgIpc) is 3.26. The van der Waals surface area contributed by atoms with Gasteiger partial charge in [-0.2, -0.15) is 0 Å². The maximum atomic E-state index is 13.1. The van der Waals surface area contributed by atoms with E-state index in [0.717, 1.165) is 5.56 Å². The predicted molar refractivity (Wildman–Crippen MR) is 101 cm³/mol. The number of amides is 1. The zero-order chi connectivity index (χ0) is 19.7. The quantitative estimate of drug-likeness (QED) is 0.688. The first-order valence-corrected chi connectivity index (χ1v) is 8.85. The molecule has 0 fully saturated rings. The van der Waals surface area contributed by atoms with Gasteiger partial charge in [-0.1, -0.05) is 30.3 Å². The number of aliphatic hydroxyl groups is 1. The van der Waals surface area contributed by atoms with Crippen LogP contribution in [0.1, 0.15) is 33.5 Å². The minimum Gasteiger partial charge on any atom is -0.503 e. The summed E-state index contributed by atoms with van der Waals surface area (Å²) in [6.45, 7) is 1.98. The van der Waals surface area contributed by atoms with E-state index in [1.807, 2.05) is 30.3 Å². The third kappa shape index (κ3) is 3.09. The van der Waals surface area contributed by atoms with E-state index in [9.17, 15) is 14.7 Å². The van der Waals surface area contributed by atoms with E-state index in [1.165, 1.54) is 4.90 Å². The molecule has 1 aliphatic rings. The lowest BCUT2D eigenvalue weighted by Gasteiger charge is -2.26. The van der Waals surface area contributed by atoms with Crippen molar-refractivity contribution in [3.8, 4) is 0 Å². The highest BCUT2D eigenvalue weighted by molar-refractivity contribution is 6.15. The summed E-state index contributed by atoms with van der Waals surface area (Å²) in [6.07, 6.45) is 3.18. The van der Waals surface area contributed by atoms with Crippen molar-refractivity contribution in [3.63, 3.8) is 0 Å². The molecular formula is C22H18N2O4. The van der Waals surface area contributed by atoms with Crippen molar-refractivity contribution in [1.29, 1.82) is 0 Å². The molecule has 28 heavy (non-hydrogen) atoms. The topological polar surface area (TPSA) is 83.6 Å². The third-order valence-corrected chi connectivity index (χ3v) is 4.73. The zero-order valence-corrected chi connectivity index (χ0v) is 15.2. The fraction of sp³-hybridized carbons (Fsp3) is 0.136. The molecule has 1 unspecified atom stereocenters. The fourth-order valence-corrected chi connectivity index (χ4v) is 3.41. The van der Waals surface area contributed by atoms with Gasteiger partial charge in [0.15, 0.2) is 11.5 Å². The number of ketones is 1. The van der Waals surface area contributed by atoms with Gasteiger partial charge in [-0.15, -0.1) is 0 Å². The SMILES string of the molecule is Cc1ccc(C(=O)C2=C(O)C(=O)N(Cc3ccccc3)C2c2ccncc2)o1. The Hall–Kier alpha value is -3.67. The molecule has 1 aliphatic heterocycles. The molecule has 6 heteroatoms. The van der Waals surface area contributed by atoms with Crippen molar-refractivity contribution in [3.05, 3.63) is 101 Å². The van der Waals surface area contributed by atoms with E-state index in [1.54, 1.807) is 43.6 Å². The maximum Gasteiger partial charge on any atom is 0.290 e. The fourth-order valence-electron chi connectivity index (χ4n) is 3.41. The number of hydrogen-bond acceptors (Lipinski definition) is 5. The number of aliphatic hydroxyl groups excluding tert-OH is 1. The first-order valence-electron chi connectivity index (χ1n) is 8.85. The number of furan rings is 1. The molecule has 6 nitrogen and oxygen atoms in total. The maximum absolute atomic E-state index is 13.1. The van der Waals surface area contributed by atoms with E-state index >= 15 is 0 Å². The van der Waals surface area contributed by atoms with Crippen molar-refractivity contribution in [1.82, 2.24) is 9.88 Å². The Morgan fingerprint density at radius 2 is 1.82 bits per heavy atom. The van der Waals surface area contributed by atoms with Gasteiger partial charge in [-0.3, -0.25) is 14.6 Å². The van der Waals surface area contributed by atoms with Gasteiger partial charge in [0.1, 0.15) is 5.76 Å². The Morgan fingerprint density at radius 3 is 2.46 bits per heavy atom. The Morgan fingerprint density at radius 1 is 1.11 bits per heavy atom. The van der Waals surface area contributed by atoms with Gasteiger partial charge in [0.05, 0.1) is 11.6 Å². The van der Waals surface area contributed by atoms with Gasteiger partial charge < -0.3 is 14.4 Å². The molecule has 0 saturated carbocycles. The van der Waals surface area contributed by atoms with Gasteiger partial charge in [0.2, 0.25) is 5.78 Å². The van der Waals surface area contributed by atoms with E-state index in [-0.39, 0.29) is 17.9 Å². The van der Waals surface area contributed by atoms with Crippen molar-refractivity contribution < 1.29 is 19.1 Å². The third-order valence-electron chi connectivity index (χ3n) is 4.73. The van der Waals surface area contributed by atoms with Crippen LogP contribution in [0.4, 0.5) is 0 Å². The number of nitrogens with zero attached hydrogens (tertiary/aromatic N) is 2. The van der Waals surface area contributed by atoms with E-state index in [4.69, 9.17) is 4.42 Å². The molecular weight excluding hydrogens is 356 g/mol. The molecule has 0 aliphatic carbocycles. The Kier molecular flexibility index (Phi) is 4.53. The van der Waals surface area contributed by atoms with Gasteiger partial charge in [0, 0.05) is 18.9 Å². The molecule has 4 rings (SSSR count). The van der Waals surface area contributed by atoms with Crippen LogP contribution in [-0.2, 0) is 11.3 Å². The normalized spacial score (nSPS) is 16.7. The number of rotatable bonds is 5. The molecule has 0 radical (unpaired) electrons. The van der Waals surface area contributed by atoms with Gasteiger partial charge in [0.25, 0.3) is 5.91 Å². The molecule has 1 atom stereocenters. The number of aryl methyl sites for hydroxylation is 1. The average molecular weight is 374 g/mol. The second-order valence-corrected chi connectivity index (χ2v) is 6.60. The Balaban J connectivity index is 1.79. The molecule has 1 aromatic carbocycles. The highest BCUT2D eigenvalue weighted by Gasteiger charge is 2.44. The molecule has 1 amide bonds. The lowest BCUT2D eigenvalue weighted by molar-refractivity contribution is -0.130. The standard InChI is InChI=1S/C22H18N2O4/c1-14-7-8-17(28-14)20(25)18-19(16-9-11-23-12-10-16)24(22(27)21(18)26)13-15-5-3-2-4-6-15/h2-12,19,26H,13H2,1H3. The second kappa shape index (κ2) is 7.15. The zero-order valence-electron chi connectivity index (χ0n) is 15.2. The highest BCUT2D eigenvalue weighted by atomic mass is 16.3. The van der Waals surface area contributed by atoms with Crippen molar-refractivity contribution in [2.24, 2.45) is 0 Å². The number of Topliss-reactive ketones (excluding diaryl/α,β-unsaturated/α-hetero) is 1. The molecule has 0 bridgehead atoms. The number of benzene rings is 1. The summed E-state index contributed by atoms with van der Waals surface area (Å²) < 4.78 is 5.44. The van der Waals surface area contributed by atoms with Crippen LogP contribution in [0.5, 0.6) is 0 Å². The molecule has 0 saturated heterocycles. The summed E-state index contributed by atoms with van der Waals surface area (Å²) in [6, 6.07) is 15.4. The summed E-state index contributed by atoms with van der Waals surface area (Å²) >= 11 is 0.